The second kappa shape index (κ2) is 10.4. The van der Waals surface area contributed by atoms with Crippen LogP contribution >= 0.6 is 0 Å². The van der Waals surface area contributed by atoms with Crippen LogP contribution in [0.5, 0.6) is 0 Å². The summed E-state index contributed by atoms with van der Waals surface area (Å²) in [6.45, 7) is 2.54. The Morgan fingerprint density at radius 1 is 1.02 bits per heavy atom. The van der Waals surface area contributed by atoms with Crippen molar-refractivity contribution in [2.24, 2.45) is 5.92 Å². The molecule has 1 aliphatic carbocycles. The average molecular weight is 556 g/mol. The lowest BCUT2D eigenvalue weighted by molar-refractivity contribution is -0.130. The van der Waals surface area contributed by atoms with Crippen molar-refractivity contribution >= 4 is 22.8 Å². The van der Waals surface area contributed by atoms with Crippen LogP contribution in [0.2, 0.25) is 0 Å². The monoisotopic (exact) mass is 555 g/mol. The summed E-state index contributed by atoms with van der Waals surface area (Å²) >= 11 is 0. The molecule has 2 N–H and O–H groups in total. The van der Waals surface area contributed by atoms with Crippen molar-refractivity contribution in [1.29, 1.82) is 0 Å². The van der Waals surface area contributed by atoms with Gasteiger partial charge in [-0.25, -0.2) is 8.78 Å². The smallest absolute Gasteiger partial charge is 0.255 e. The van der Waals surface area contributed by atoms with Crippen LogP contribution in [0.15, 0.2) is 89.0 Å². The van der Waals surface area contributed by atoms with E-state index < -0.39 is 29.0 Å². The Morgan fingerprint density at radius 3 is 2.46 bits per heavy atom. The molecule has 0 spiro atoms. The van der Waals surface area contributed by atoms with Crippen molar-refractivity contribution in [2.45, 2.75) is 18.4 Å². The highest BCUT2D eigenvalue weighted by atomic mass is 19.1. The van der Waals surface area contributed by atoms with E-state index >= 15 is 4.39 Å². The number of carbonyl (C=O) groups excluding carboxylic acids is 2. The zero-order valence-corrected chi connectivity index (χ0v) is 22.4. The number of hydrogen-bond donors (Lipinski definition) is 2. The zero-order chi connectivity index (χ0) is 28.7. The number of carbonyl (C=O) groups is 2. The number of halogens is 2. The molecular weight excluding hydrogens is 528 g/mol. The number of amides is 2. The number of ether oxygens (including phenoxy) is 1. The minimum Gasteiger partial charge on any atom is -0.455 e. The molecule has 0 bridgehead atoms. The van der Waals surface area contributed by atoms with Crippen LogP contribution in [0.25, 0.3) is 22.3 Å². The SMILES string of the molecule is CNC(=O)c1c(-c2ccc(F)cc2)oc2ccc(C3C=C(C(=O)NC4(c5ccccn5)COC4)C=CC3C)c(F)c12. The number of benzene rings is 2. The maximum absolute atomic E-state index is 16.4. The van der Waals surface area contributed by atoms with Gasteiger partial charge in [0.25, 0.3) is 11.8 Å². The molecule has 7 nitrogen and oxygen atoms in total. The molecule has 1 aliphatic heterocycles. The molecule has 2 aliphatic rings. The van der Waals surface area contributed by atoms with Crippen LogP contribution < -0.4 is 10.6 Å². The van der Waals surface area contributed by atoms with Gasteiger partial charge in [0.1, 0.15) is 28.5 Å². The maximum atomic E-state index is 16.4. The van der Waals surface area contributed by atoms with Crippen molar-refractivity contribution in [3.63, 3.8) is 0 Å². The molecule has 2 aromatic carbocycles. The molecule has 2 amide bonds. The van der Waals surface area contributed by atoms with Gasteiger partial charge in [0.2, 0.25) is 0 Å². The molecule has 2 atom stereocenters. The van der Waals surface area contributed by atoms with Gasteiger partial charge in [0, 0.05) is 30.3 Å². The molecule has 41 heavy (non-hydrogen) atoms. The summed E-state index contributed by atoms with van der Waals surface area (Å²) in [5.41, 5.74) is 1.34. The molecule has 2 unspecified atom stereocenters. The molecule has 2 aromatic heterocycles. The van der Waals surface area contributed by atoms with Gasteiger partial charge in [-0.2, -0.15) is 0 Å². The van der Waals surface area contributed by atoms with Crippen molar-refractivity contribution < 1.29 is 27.5 Å². The fraction of sp³-hybridized carbons (Fsp3) is 0.219. The normalized spacial score (nSPS) is 19.4. The average Bonchev–Trinajstić information content (AvgIpc) is 3.36. The van der Waals surface area contributed by atoms with Crippen LogP contribution in [0, 0.1) is 17.6 Å². The molecule has 4 aromatic rings. The highest BCUT2D eigenvalue weighted by Crippen LogP contribution is 2.41. The van der Waals surface area contributed by atoms with Gasteiger partial charge in [0.05, 0.1) is 29.9 Å². The molecule has 1 fully saturated rings. The van der Waals surface area contributed by atoms with Crippen molar-refractivity contribution in [2.75, 3.05) is 20.3 Å². The summed E-state index contributed by atoms with van der Waals surface area (Å²) in [5.74, 6) is -2.39. The first-order chi connectivity index (χ1) is 19.8. The van der Waals surface area contributed by atoms with Gasteiger partial charge in [-0.3, -0.25) is 14.6 Å². The number of allylic oxidation sites excluding steroid dienone is 2. The van der Waals surface area contributed by atoms with Gasteiger partial charge < -0.3 is 19.8 Å². The minimum atomic E-state index is -0.730. The summed E-state index contributed by atoms with van der Waals surface area (Å²) in [6.07, 6.45) is 7.02. The van der Waals surface area contributed by atoms with E-state index in [1.165, 1.54) is 31.3 Å². The fourth-order valence-corrected chi connectivity index (χ4v) is 5.40. The van der Waals surface area contributed by atoms with E-state index in [4.69, 9.17) is 9.15 Å². The Morgan fingerprint density at radius 2 is 1.80 bits per heavy atom. The van der Waals surface area contributed by atoms with Gasteiger partial charge in [-0.05, 0) is 53.9 Å². The van der Waals surface area contributed by atoms with E-state index in [1.807, 2.05) is 25.1 Å². The number of furan rings is 1. The molecule has 0 radical (unpaired) electrons. The predicted molar refractivity (Wildman–Crippen MR) is 149 cm³/mol. The van der Waals surface area contributed by atoms with Gasteiger partial charge in [0.15, 0.2) is 0 Å². The minimum absolute atomic E-state index is 0.0247. The number of fused-ring (bicyclic) bond motifs is 1. The first-order valence-corrected chi connectivity index (χ1v) is 13.3. The molecule has 208 valence electrons. The largest absolute Gasteiger partial charge is 0.455 e. The highest BCUT2D eigenvalue weighted by molar-refractivity contribution is 6.11. The molecule has 0 saturated carbocycles. The number of nitrogens with one attached hydrogen (secondary N) is 2. The number of pyridine rings is 1. The van der Waals surface area contributed by atoms with Crippen molar-refractivity contribution in [3.05, 3.63) is 113 Å². The van der Waals surface area contributed by atoms with Crippen LogP contribution in [-0.4, -0.2) is 37.1 Å². The Balaban J connectivity index is 1.39. The third kappa shape index (κ3) is 4.62. The van der Waals surface area contributed by atoms with Crippen molar-refractivity contribution in [3.8, 4) is 11.3 Å². The Hall–Kier alpha value is -4.63. The van der Waals surface area contributed by atoms with E-state index in [2.05, 4.69) is 15.6 Å². The topological polar surface area (TPSA) is 93.5 Å². The van der Waals surface area contributed by atoms with E-state index in [0.29, 0.717) is 35.6 Å². The second-order valence-corrected chi connectivity index (χ2v) is 10.3. The molecule has 1 saturated heterocycles. The summed E-state index contributed by atoms with van der Waals surface area (Å²) < 4.78 is 41.3. The van der Waals surface area contributed by atoms with Crippen LogP contribution in [0.3, 0.4) is 0 Å². The van der Waals surface area contributed by atoms with Crippen LogP contribution in [0.4, 0.5) is 8.78 Å². The van der Waals surface area contributed by atoms with E-state index in [9.17, 15) is 14.0 Å². The number of hydrogen-bond acceptors (Lipinski definition) is 5. The quantitative estimate of drug-likeness (QED) is 0.333. The first kappa shape index (κ1) is 26.6. The molecule has 6 rings (SSSR count). The highest BCUT2D eigenvalue weighted by Gasteiger charge is 2.43. The first-order valence-electron chi connectivity index (χ1n) is 13.3. The second-order valence-electron chi connectivity index (χ2n) is 10.3. The zero-order valence-electron chi connectivity index (χ0n) is 22.4. The molecule has 9 heteroatoms. The Bertz CT molecular complexity index is 1710. The van der Waals surface area contributed by atoms with E-state index in [0.717, 1.165) is 0 Å². The summed E-state index contributed by atoms with van der Waals surface area (Å²) in [6, 6.07) is 14.2. The summed E-state index contributed by atoms with van der Waals surface area (Å²) in [4.78, 5) is 30.8. The lowest BCUT2D eigenvalue weighted by atomic mass is 9.81. The lowest BCUT2D eigenvalue weighted by Crippen LogP contribution is -2.60. The fourth-order valence-electron chi connectivity index (χ4n) is 5.40. The standard InChI is InChI=1S/C32H27F2N3O4/c1-18-6-7-20(30(38)37-32(16-40-17-32)25-5-3-4-14-36-25)15-23(18)22-12-13-24-26(28(22)34)27(31(39)35-2)29(41-24)19-8-10-21(33)11-9-19/h3-15,18,23H,16-17H2,1-2H3,(H,35,39)(H,37,38). The third-order valence-electron chi connectivity index (χ3n) is 7.71. The summed E-state index contributed by atoms with van der Waals surface area (Å²) in [5, 5.41) is 5.65. The number of rotatable bonds is 6. The lowest BCUT2D eigenvalue weighted by Gasteiger charge is -2.41. The molecular formula is C32H27F2N3O4. The Kier molecular flexibility index (Phi) is 6.75. The number of aromatic nitrogens is 1. The van der Waals surface area contributed by atoms with Gasteiger partial charge >= 0.3 is 0 Å². The maximum Gasteiger partial charge on any atom is 0.255 e. The molecule has 3 heterocycles. The van der Waals surface area contributed by atoms with Gasteiger partial charge in [-0.15, -0.1) is 0 Å². The van der Waals surface area contributed by atoms with Gasteiger partial charge in [-0.1, -0.05) is 37.3 Å². The predicted octanol–water partition coefficient (Wildman–Crippen LogP) is 5.39. The van der Waals surface area contributed by atoms with Crippen LogP contribution in [-0.2, 0) is 15.1 Å². The summed E-state index contributed by atoms with van der Waals surface area (Å²) in [7, 11) is 1.45. The third-order valence-corrected chi connectivity index (χ3v) is 7.71. The van der Waals surface area contributed by atoms with Crippen molar-refractivity contribution in [1.82, 2.24) is 15.6 Å². The van der Waals surface area contributed by atoms with Crippen LogP contribution in [0.1, 0.15) is 34.5 Å². The van der Waals surface area contributed by atoms with E-state index in [1.54, 1.807) is 36.5 Å². The number of nitrogens with zero attached hydrogens (tertiary/aromatic N) is 1. The Labute approximate surface area is 234 Å². The van der Waals surface area contributed by atoms with E-state index in [-0.39, 0.29) is 34.1 Å².